The number of nitrogens with one attached hydrogen (secondary N) is 1. The van der Waals surface area contributed by atoms with Gasteiger partial charge in [0.25, 0.3) is 5.69 Å². The van der Waals surface area contributed by atoms with Gasteiger partial charge in [0.15, 0.2) is 5.13 Å². The average molecular weight is 449 g/mol. The standard InChI is InChI=1S/C14H7F8N3O3S/c15-9(16)12(17,18)14(21,22)13(19,20)10(26)24-11-23-8(5-29-11)6-1-3-7(4-2-6)25(27)28/h1-5,9H,(H,23,24,26). The van der Waals surface area contributed by atoms with Gasteiger partial charge in [-0.25, -0.2) is 13.8 Å². The van der Waals surface area contributed by atoms with Gasteiger partial charge in [0.2, 0.25) is 0 Å². The highest BCUT2D eigenvalue weighted by Gasteiger charge is 2.78. The summed E-state index contributed by atoms with van der Waals surface area (Å²) in [5, 5.41) is 12.2. The molecule has 0 bridgehead atoms. The minimum absolute atomic E-state index is 0.0202. The van der Waals surface area contributed by atoms with E-state index < -0.39 is 40.2 Å². The molecule has 15 heteroatoms. The number of nitrogens with zero attached hydrogens (tertiary/aromatic N) is 2. The van der Waals surface area contributed by atoms with Gasteiger partial charge in [0, 0.05) is 23.1 Å². The molecule has 2 rings (SSSR count). The van der Waals surface area contributed by atoms with E-state index in [-0.39, 0.29) is 16.9 Å². The Kier molecular flexibility index (Phi) is 5.83. The Balaban J connectivity index is 2.22. The first-order valence-corrected chi connectivity index (χ1v) is 8.03. The maximum atomic E-state index is 13.5. The number of halogens is 8. The van der Waals surface area contributed by atoms with Crippen LogP contribution in [0.3, 0.4) is 0 Å². The van der Waals surface area contributed by atoms with Crippen molar-refractivity contribution in [3.63, 3.8) is 0 Å². The van der Waals surface area contributed by atoms with Crippen molar-refractivity contribution in [2.45, 2.75) is 24.2 Å². The number of nitro benzene ring substituents is 1. The first kappa shape index (κ1) is 22.4. The summed E-state index contributed by atoms with van der Waals surface area (Å²) in [6, 6.07) is 4.58. The van der Waals surface area contributed by atoms with Gasteiger partial charge in [-0.3, -0.25) is 20.2 Å². The normalized spacial score (nSPS) is 12.9. The van der Waals surface area contributed by atoms with Crippen molar-refractivity contribution in [1.82, 2.24) is 4.98 Å². The molecule has 0 aliphatic carbocycles. The van der Waals surface area contributed by atoms with E-state index >= 15 is 0 Å². The molecule has 0 spiro atoms. The summed E-state index contributed by atoms with van der Waals surface area (Å²) in [7, 11) is 0. The summed E-state index contributed by atoms with van der Waals surface area (Å²) in [6.45, 7) is 0. The van der Waals surface area contributed by atoms with Crippen molar-refractivity contribution in [3.8, 4) is 11.3 Å². The molecule has 0 unspecified atom stereocenters. The summed E-state index contributed by atoms with van der Waals surface area (Å²) >= 11 is 0.433. The second-order valence-corrected chi connectivity index (χ2v) is 6.23. The molecule has 0 atom stereocenters. The average Bonchev–Trinajstić information content (AvgIpc) is 3.09. The second kappa shape index (κ2) is 7.53. The van der Waals surface area contributed by atoms with Crippen molar-refractivity contribution in [3.05, 3.63) is 39.8 Å². The molecular weight excluding hydrogens is 442 g/mol. The van der Waals surface area contributed by atoms with Gasteiger partial charge in [-0.15, -0.1) is 11.3 Å². The molecule has 6 nitrogen and oxygen atoms in total. The Hall–Kier alpha value is -2.84. The molecule has 1 amide bonds. The van der Waals surface area contributed by atoms with Crippen LogP contribution < -0.4 is 5.32 Å². The van der Waals surface area contributed by atoms with Crippen LogP contribution in [-0.4, -0.2) is 40.0 Å². The zero-order valence-electron chi connectivity index (χ0n) is 13.5. The van der Waals surface area contributed by atoms with Gasteiger partial charge < -0.3 is 0 Å². The van der Waals surface area contributed by atoms with Crippen molar-refractivity contribution >= 4 is 28.1 Å². The predicted molar refractivity (Wildman–Crippen MR) is 83.7 cm³/mol. The number of amides is 1. The summed E-state index contributed by atoms with van der Waals surface area (Å²) < 4.78 is 103. The molecule has 1 N–H and O–H groups in total. The molecule has 0 radical (unpaired) electrons. The highest BCUT2D eigenvalue weighted by atomic mass is 32.1. The molecule has 29 heavy (non-hydrogen) atoms. The van der Waals surface area contributed by atoms with E-state index in [1.807, 2.05) is 0 Å². The van der Waals surface area contributed by atoms with Crippen LogP contribution in [0.15, 0.2) is 29.6 Å². The topological polar surface area (TPSA) is 85.1 Å². The van der Waals surface area contributed by atoms with Crippen LogP contribution in [0.2, 0.25) is 0 Å². The fourth-order valence-electron chi connectivity index (χ4n) is 1.88. The molecule has 1 aromatic heterocycles. The first-order chi connectivity index (χ1) is 13.2. The molecule has 0 aliphatic rings. The molecule has 0 saturated carbocycles. The summed E-state index contributed by atoms with van der Waals surface area (Å²) in [5.74, 6) is -22.3. The number of nitro groups is 1. The molecule has 2 aromatic rings. The fraction of sp³-hybridized carbons (Fsp3) is 0.286. The number of alkyl halides is 8. The number of thiazole rings is 1. The second-order valence-electron chi connectivity index (χ2n) is 5.37. The zero-order chi connectivity index (χ0) is 22.2. The van der Waals surface area contributed by atoms with Gasteiger partial charge >= 0.3 is 30.1 Å². The van der Waals surface area contributed by atoms with E-state index in [2.05, 4.69) is 4.98 Å². The molecule has 158 valence electrons. The summed E-state index contributed by atoms with van der Waals surface area (Å²) in [6.07, 6.45) is -5.15. The van der Waals surface area contributed by atoms with Gasteiger partial charge in [-0.05, 0) is 12.1 Å². The number of benzene rings is 1. The molecular formula is C14H7F8N3O3S. The SMILES string of the molecule is O=C(Nc1nc(-c2ccc([N+](=O)[O-])cc2)cs1)C(F)(F)C(F)(F)C(F)(F)C(F)F. The highest BCUT2D eigenvalue weighted by molar-refractivity contribution is 7.14. The number of anilines is 1. The van der Waals surface area contributed by atoms with Crippen LogP contribution in [0.4, 0.5) is 45.9 Å². The molecule has 0 saturated heterocycles. The Morgan fingerprint density at radius 2 is 1.66 bits per heavy atom. The van der Waals surface area contributed by atoms with E-state index in [4.69, 9.17) is 0 Å². The molecule has 0 fully saturated rings. The quantitative estimate of drug-likeness (QED) is 0.373. The van der Waals surface area contributed by atoms with Crippen LogP contribution in [0.25, 0.3) is 11.3 Å². The lowest BCUT2D eigenvalue weighted by Gasteiger charge is -2.30. The van der Waals surface area contributed by atoms with E-state index in [9.17, 15) is 50.0 Å². The lowest BCUT2D eigenvalue weighted by atomic mass is 10.0. The lowest BCUT2D eigenvalue weighted by molar-refractivity contribution is -0.384. The van der Waals surface area contributed by atoms with E-state index in [0.29, 0.717) is 11.3 Å². The minimum atomic E-state index is -6.68. The summed E-state index contributed by atoms with van der Waals surface area (Å²) in [4.78, 5) is 24.9. The van der Waals surface area contributed by atoms with Crippen LogP contribution >= 0.6 is 11.3 Å². The monoisotopic (exact) mass is 449 g/mol. The Morgan fingerprint density at radius 1 is 1.10 bits per heavy atom. The largest absolute Gasteiger partial charge is 0.393 e. The number of aromatic nitrogens is 1. The highest BCUT2D eigenvalue weighted by Crippen LogP contribution is 2.49. The van der Waals surface area contributed by atoms with Crippen molar-refractivity contribution in [1.29, 1.82) is 0 Å². The Morgan fingerprint density at radius 3 is 2.14 bits per heavy atom. The molecule has 1 heterocycles. The van der Waals surface area contributed by atoms with Crippen LogP contribution in [0, 0.1) is 10.1 Å². The maximum Gasteiger partial charge on any atom is 0.393 e. The van der Waals surface area contributed by atoms with Gasteiger partial charge in [-0.1, -0.05) is 0 Å². The fourth-order valence-corrected chi connectivity index (χ4v) is 2.60. The summed E-state index contributed by atoms with van der Waals surface area (Å²) in [5.41, 5.74) is -0.0822. The Labute approximate surface area is 159 Å². The minimum Gasteiger partial charge on any atom is -0.296 e. The third-order valence-corrected chi connectivity index (χ3v) is 4.23. The third kappa shape index (κ3) is 3.99. The first-order valence-electron chi connectivity index (χ1n) is 7.15. The van der Waals surface area contributed by atoms with Gasteiger partial charge in [0.05, 0.1) is 10.6 Å². The number of rotatable bonds is 7. The molecule has 0 aliphatic heterocycles. The zero-order valence-corrected chi connectivity index (χ0v) is 14.3. The van der Waals surface area contributed by atoms with Crippen LogP contribution in [-0.2, 0) is 4.79 Å². The Bertz CT molecular complexity index is 917. The number of hydrogen-bond acceptors (Lipinski definition) is 5. The smallest absolute Gasteiger partial charge is 0.296 e. The van der Waals surface area contributed by atoms with E-state index in [0.717, 1.165) is 17.5 Å². The van der Waals surface area contributed by atoms with Crippen molar-refractivity contribution < 1.29 is 44.8 Å². The lowest BCUT2D eigenvalue weighted by Crippen LogP contribution is -2.61. The number of carbonyl (C=O) groups is 1. The number of non-ortho nitro benzene ring substituents is 1. The maximum absolute atomic E-state index is 13.5. The van der Waals surface area contributed by atoms with Crippen LogP contribution in [0.1, 0.15) is 0 Å². The number of carbonyl (C=O) groups excluding carboxylic acids is 1. The van der Waals surface area contributed by atoms with Crippen molar-refractivity contribution in [2.75, 3.05) is 5.32 Å². The number of hydrogen-bond donors (Lipinski definition) is 1. The van der Waals surface area contributed by atoms with E-state index in [1.165, 1.54) is 17.4 Å². The van der Waals surface area contributed by atoms with Gasteiger partial charge in [0.1, 0.15) is 0 Å². The van der Waals surface area contributed by atoms with Gasteiger partial charge in [-0.2, -0.15) is 26.3 Å². The van der Waals surface area contributed by atoms with Crippen LogP contribution in [0.5, 0.6) is 0 Å². The van der Waals surface area contributed by atoms with Crippen molar-refractivity contribution in [2.24, 2.45) is 0 Å². The molecule has 1 aromatic carbocycles. The predicted octanol–water partition coefficient (Wildman–Crippen LogP) is 4.83. The van der Waals surface area contributed by atoms with E-state index in [1.54, 1.807) is 0 Å². The third-order valence-electron chi connectivity index (χ3n) is 3.47.